The van der Waals surface area contributed by atoms with Crippen molar-refractivity contribution < 1.29 is 18.0 Å². The Labute approximate surface area is 94.5 Å². The van der Waals surface area contributed by atoms with Crippen LogP contribution in [0.15, 0.2) is 36.8 Å². The second-order valence-electron chi connectivity index (χ2n) is 3.34. The standard InChI is InChI=1S/C11H7F3N2O/c12-11(13,14)9-3-1-2-4-10(9)16-5-8(6-17)15-7-16/h1-7H. The van der Waals surface area contributed by atoms with E-state index in [2.05, 4.69) is 4.98 Å². The van der Waals surface area contributed by atoms with Crippen LogP contribution in [0.1, 0.15) is 16.1 Å². The Morgan fingerprint density at radius 1 is 1.24 bits per heavy atom. The van der Waals surface area contributed by atoms with E-state index in [0.29, 0.717) is 6.29 Å². The Bertz CT molecular complexity index is 546. The predicted molar refractivity (Wildman–Crippen MR) is 54.0 cm³/mol. The van der Waals surface area contributed by atoms with Gasteiger partial charge in [0.1, 0.15) is 12.0 Å². The van der Waals surface area contributed by atoms with E-state index in [-0.39, 0.29) is 11.4 Å². The van der Waals surface area contributed by atoms with Crippen LogP contribution in [0.25, 0.3) is 5.69 Å². The van der Waals surface area contributed by atoms with Gasteiger partial charge < -0.3 is 4.57 Å². The molecule has 0 atom stereocenters. The molecule has 2 aromatic rings. The molecule has 0 spiro atoms. The van der Waals surface area contributed by atoms with Gasteiger partial charge in [-0.3, -0.25) is 4.79 Å². The van der Waals surface area contributed by atoms with E-state index in [9.17, 15) is 18.0 Å². The van der Waals surface area contributed by atoms with Crippen LogP contribution in [0, 0.1) is 0 Å². The van der Waals surface area contributed by atoms with Crippen LogP contribution in [-0.4, -0.2) is 15.8 Å². The van der Waals surface area contributed by atoms with Crippen LogP contribution in [0.5, 0.6) is 0 Å². The Kier molecular flexibility index (Phi) is 2.71. The van der Waals surface area contributed by atoms with E-state index in [4.69, 9.17) is 0 Å². The smallest absolute Gasteiger partial charge is 0.305 e. The molecule has 6 heteroatoms. The maximum Gasteiger partial charge on any atom is 0.418 e. The minimum absolute atomic E-state index is 0.0550. The summed E-state index contributed by atoms with van der Waals surface area (Å²) >= 11 is 0. The SMILES string of the molecule is O=Cc1cn(-c2ccccc2C(F)(F)F)cn1. The number of hydrogen-bond acceptors (Lipinski definition) is 2. The normalized spacial score (nSPS) is 11.5. The van der Waals surface area contributed by atoms with Crippen molar-refractivity contribution in [2.45, 2.75) is 6.18 Å². The largest absolute Gasteiger partial charge is 0.418 e. The maximum atomic E-state index is 12.7. The van der Waals surface area contributed by atoms with Crippen molar-refractivity contribution in [2.24, 2.45) is 0 Å². The summed E-state index contributed by atoms with van der Waals surface area (Å²) in [6.07, 6.45) is -1.54. The number of alkyl halides is 3. The van der Waals surface area contributed by atoms with Crippen LogP contribution < -0.4 is 0 Å². The number of imidazole rings is 1. The zero-order valence-electron chi connectivity index (χ0n) is 8.48. The van der Waals surface area contributed by atoms with Gasteiger partial charge in [0.05, 0.1) is 11.3 Å². The van der Waals surface area contributed by atoms with E-state index >= 15 is 0 Å². The van der Waals surface area contributed by atoms with E-state index in [1.165, 1.54) is 35.3 Å². The molecule has 0 bridgehead atoms. The predicted octanol–water partition coefficient (Wildman–Crippen LogP) is 2.70. The van der Waals surface area contributed by atoms with E-state index in [1.54, 1.807) is 0 Å². The summed E-state index contributed by atoms with van der Waals surface area (Å²) < 4.78 is 39.3. The Balaban J connectivity index is 2.55. The molecule has 17 heavy (non-hydrogen) atoms. The number of nitrogens with zero attached hydrogens (tertiary/aromatic N) is 2. The highest BCUT2D eigenvalue weighted by Gasteiger charge is 2.33. The lowest BCUT2D eigenvalue weighted by atomic mass is 10.1. The number of carbonyl (C=O) groups is 1. The molecule has 1 aromatic carbocycles. The van der Waals surface area contributed by atoms with Crippen molar-refractivity contribution in [3.63, 3.8) is 0 Å². The number of carbonyl (C=O) groups excluding carboxylic acids is 1. The van der Waals surface area contributed by atoms with E-state index < -0.39 is 11.7 Å². The van der Waals surface area contributed by atoms with Crippen molar-refractivity contribution in [3.8, 4) is 5.69 Å². The van der Waals surface area contributed by atoms with Gasteiger partial charge in [-0.2, -0.15) is 13.2 Å². The van der Waals surface area contributed by atoms with Gasteiger partial charge >= 0.3 is 6.18 Å². The van der Waals surface area contributed by atoms with Crippen molar-refractivity contribution in [1.29, 1.82) is 0 Å². The van der Waals surface area contributed by atoms with Gasteiger partial charge in [-0.25, -0.2) is 4.98 Å². The van der Waals surface area contributed by atoms with Gasteiger partial charge in [-0.05, 0) is 12.1 Å². The molecular weight excluding hydrogens is 233 g/mol. The molecule has 1 heterocycles. The first kappa shape index (κ1) is 11.4. The average molecular weight is 240 g/mol. The zero-order chi connectivity index (χ0) is 12.5. The molecule has 0 aliphatic heterocycles. The van der Waals surface area contributed by atoms with Gasteiger partial charge in [0, 0.05) is 6.20 Å². The lowest BCUT2D eigenvalue weighted by molar-refractivity contribution is -0.137. The van der Waals surface area contributed by atoms with Crippen LogP contribution in [0.3, 0.4) is 0 Å². The highest BCUT2D eigenvalue weighted by Crippen LogP contribution is 2.33. The van der Waals surface area contributed by atoms with Gasteiger partial charge in [0.2, 0.25) is 0 Å². The topological polar surface area (TPSA) is 34.9 Å². The molecule has 0 aliphatic carbocycles. The molecule has 0 saturated carbocycles. The second kappa shape index (κ2) is 4.04. The summed E-state index contributed by atoms with van der Waals surface area (Å²) in [7, 11) is 0. The van der Waals surface area contributed by atoms with Gasteiger partial charge in [-0.15, -0.1) is 0 Å². The van der Waals surface area contributed by atoms with Crippen LogP contribution in [-0.2, 0) is 6.18 Å². The second-order valence-corrected chi connectivity index (χ2v) is 3.34. The summed E-state index contributed by atoms with van der Waals surface area (Å²) in [4.78, 5) is 14.1. The number of aromatic nitrogens is 2. The zero-order valence-corrected chi connectivity index (χ0v) is 8.48. The minimum Gasteiger partial charge on any atom is -0.305 e. The molecule has 3 nitrogen and oxygen atoms in total. The number of para-hydroxylation sites is 1. The minimum atomic E-state index is -4.44. The molecule has 0 N–H and O–H groups in total. The number of rotatable bonds is 2. The monoisotopic (exact) mass is 240 g/mol. The summed E-state index contributed by atoms with van der Waals surface area (Å²) in [6.45, 7) is 0. The fourth-order valence-corrected chi connectivity index (χ4v) is 1.47. The molecule has 0 aliphatic rings. The van der Waals surface area contributed by atoms with E-state index in [0.717, 1.165) is 6.07 Å². The van der Waals surface area contributed by atoms with Crippen molar-refractivity contribution in [1.82, 2.24) is 9.55 Å². The Hall–Kier alpha value is -2.11. The molecular formula is C11H7F3N2O. The quantitative estimate of drug-likeness (QED) is 0.756. The van der Waals surface area contributed by atoms with Crippen LogP contribution >= 0.6 is 0 Å². The fraction of sp³-hybridized carbons (Fsp3) is 0.0909. The molecule has 0 fully saturated rings. The van der Waals surface area contributed by atoms with Crippen LogP contribution in [0.2, 0.25) is 0 Å². The third-order valence-corrected chi connectivity index (χ3v) is 2.21. The molecule has 2 rings (SSSR count). The van der Waals surface area contributed by atoms with Gasteiger partial charge in [-0.1, -0.05) is 12.1 Å². The highest BCUT2D eigenvalue weighted by atomic mass is 19.4. The fourth-order valence-electron chi connectivity index (χ4n) is 1.47. The van der Waals surface area contributed by atoms with Crippen molar-refractivity contribution >= 4 is 6.29 Å². The maximum absolute atomic E-state index is 12.7. The third kappa shape index (κ3) is 2.20. The average Bonchev–Trinajstić information content (AvgIpc) is 2.76. The first-order valence-electron chi connectivity index (χ1n) is 4.68. The lowest BCUT2D eigenvalue weighted by Crippen LogP contribution is -2.09. The van der Waals surface area contributed by atoms with Crippen LogP contribution in [0.4, 0.5) is 13.2 Å². The summed E-state index contributed by atoms with van der Waals surface area (Å²) in [5, 5.41) is 0. The Morgan fingerprint density at radius 3 is 2.53 bits per heavy atom. The van der Waals surface area contributed by atoms with Gasteiger partial charge in [0.15, 0.2) is 6.29 Å². The molecule has 1 aromatic heterocycles. The third-order valence-electron chi connectivity index (χ3n) is 2.21. The molecule has 88 valence electrons. The van der Waals surface area contributed by atoms with Crippen molar-refractivity contribution in [3.05, 3.63) is 48.0 Å². The van der Waals surface area contributed by atoms with E-state index in [1.807, 2.05) is 0 Å². The first-order valence-corrected chi connectivity index (χ1v) is 4.68. The summed E-state index contributed by atoms with van der Waals surface area (Å²) in [5.41, 5.74) is -0.738. The Morgan fingerprint density at radius 2 is 1.94 bits per heavy atom. The molecule has 0 unspecified atom stereocenters. The van der Waals surface area contributed by atoms with Gasteiger partial charge in [0.25, 0.3) is 0 Å². The molecule has 0 saturated heterocycles. The summed E-state index contributed by atoms with van der Waals surface area (Å²) in [5.74, 6) is 0. The number of halogens is 3. The summed E-state index contributed by atoms with van der Waals surface area (Å²) in [6, 6.07) is 5.10. The number of benzene rings is 1. The number of aldehydes is 1. The number of hydrogen-bond donors (Lipinski definition) is 0. The molecule has 0 amide bonds. The van der Waals surface area contributed by atoms with Crippen molar-refractivity contribution in [2.75, 3.05) is 0 Å². The lowest BCUT2D eigenvalue weighted by Gasteiger charge is -2.12. The molecule has 0 radical (unpaired) electrons. The first-order chi connectivity index (χ1) is 8.02. The highest BCUT2D eigenvalue weighted by molar-refractivity contribution is 5.71.